The van der Waals surface area contributed by atoms with Gasteiger partial charge in [0.15, 0.2) is 5.82 Å². The van der Waals surface area contributed by atoms with Gasteiger partial charge in [-0.25, -0.2) is 4.98 Å². The predicted molar refractivity (Wildman–Crippen MR) is 133 cm³/mol. The Balaban J connectivity index is 1.51. The summed E-state index contributed by atoms with van der Waals surface area (Å²) in [5.41, 5.74) is 11.2. The number of aryl methyl sites for hydroxylation is 1. The highest BCUT2D eigenvalue weighted by Gasteiger charge is 2.33. The van der Waals surface area contributed by atoms with Gasteiger partial charge in [-0.3, -0.25) is 4.79 Å². The third-order valence-corrected chi connectivity index (χ3v) is 6.41. The van der Waals surface area contributed by atoms with E-state index in [0.29, 0.717) is 35.8 Å². The number of nitrogens with zero attached hydrogens (tertiary/aromatic N) is 3. The molecule has 1 unspecified atom stereocenters. The Morgan fingerprint density at radius 3 is 2.88 bits per heavy atom. The molecule has 3 aromatic rings. The lowest BCUT2D eigenvalue weighted by atomic mass is 9.80. The Kier molecular flexibility index (Phi) is 5.85. The minimum absolute atomic E-state index is 0.0701. The topological polar surface area (TPSA) is 137 Å². The minimum atomic E-state index is -1.51. The molecule has 10 heteroatoms. The van der Waals surface area contributed by atoms with Crippen molar-refractivity contribution in [3.8, 4) is 0 Å². The summed E-state index contributed by atoms with van der Waals surface area (Å²) in [5, 5.41) is 25.8. The third-order valence-electron chi connectivity index (χ3n) is 6.41. The summed E-state index contributed by atoms with van der Waals surface area (Å²) in [6, 6.07) is 12.8. The Morgan fingerprint density at radius 2 is 2.09 bits per heavy atom. The van der Waals surface area contributed by atoms with Crippen LogP contribution in [0.4, 0.5) is 23.1 Å². The smallest absolute Gasteiger partial charge is 0.423 e. The molecule has 34 heavy (non-hydrogen) atoms. The summed E-state index contributed by atoms with van der Waals surface area (Å²) >= 11 is 0. The molecule has 6 N–H and O–H groups in total. The molecule has 1 amide bonds. The fourth-order valence-corrected chi connectivity index (χ4v) is 4.79. The highest BCUT2D eigenvalue weighted by molar-refractivity contribution is 6.58. The van der Waals surface area contributed by atoms with Gasteiger partial charge in [0.2, 0.25) is 11.9 Å². The highest BCUT2D eigenvalue weighted by atomic mass is 16.4. The van der Waals surface area contributed by atoms with E-state index >= 15 is 0 Å². The number of hydrogen-bond donors (Lipinski definition) is 5. The van der Waals surface area contributed by atoms with Gasteiger partial charge in [-0.05, 0) is 54.9 Å². The predicted octanol–water partition coefficient (Wildman–Crippen LogP) is 1.31. The van der Waals surface area contributed by atoms with E-state index in [-0.39, 0.29) is 6.04 Å². The number of fused-ring (bicyclic) bond motifs is 2. The Labute approximate surface area is 198 Å². The van der Waals surface area contributed by atoms with E-state index < -0.39 is 13.0 Å². The normalized spacial score (nSPS) is 16.4. The van der Waals surface area contributed by atoms with Crippen LogP contribution in [0.3, 0.4) is 0 Å². The van der Waals surface area contributed by atoms with Crippen molar-refractivity contribution >= 4 is 41.6 Å². The van der Waals surface area contributed by atoms with Crippen LogP contribution in [0.25, 0.3) is 0 Å². The van der Waals surface area contributed by atoms with Crippen molar-refractivity contribution in [2.45, 2.75) is 38.8 Å². The maximum atomic E-state index is 12.0. The van der Waals surface area contributed by atoms with Crippen molar-refractivity contribution in [2.24, 2.45) is 5.73 Å². The second kappa shape index (κ2) is 8.96. The summed E-state index contributed by atoms with van der Waals surface area (Å²) < 4.78 is 0. The van der Waals surface area contributed by atoms with Crippen LogP contribution in [0.15, 0.2) is 42.5 Å². The van der Waals surface area contributed by atoms with Crippen molar-refractivity contribution in [1.29, 1.82) is 0 Å². The van der Waals surface area contributed by atoms with Gasteiger partial charge in [0.05, 0.1) is 11.4 Å². The molecule has 2 aromatic carbocycles. The molecular weight excluding hydrogens is 431 g/mol. The molecule has 2 aliphatic heterocycles. The summed E-state index contributed by atoms with van der Waals surface area (Å²) in [4.78, 5) is 23.8. The first kappa shape index (κ1) is 22.2. The minimum Gasteiger partial charge on any atom is -0.423 e. The molecule has 0 bridgehead atoms. The van der Waals surface area contributed by atoms with E-state index in [1.165, 1.54) is 0 Å². The van der Waals surface area contributed by atoms with Crippen molar-refractivity contribution in [2.75, 3.05) is 22.1 Å². The standard InChI is InChI=1S/C24H27BN6O3/c1-14-11-18-17(22(26)32)7-3-9-20(18)31(14)24-29-19-8-4-10-27-21(19)23(30-24)28-13-15-5-2-6-16(12-15)25(33)34/h2-3,5-7,9,12,14,27,33-34H,4,8,10-11,13H2,1H3,(H2,26,32)(H,28,29,30). The fraction of sp³-hybridized carbons (Fsp3) is 0.292. The Morgan fingerprint density at radius 1 is 1.26 bits per heavy atom. The summed E-state index contributed by atoms with van der Waals surface area (Å²) in [6.07, 6.45) is 2.51. The van der Waals surface area contributed by atoms with Crippen molar-refractivity contribution in [3.63, 3.8) is 0 Å². The molecule has 0 saturated carbocycles. The van der Waals surface area contributed by atoms with Crippen molar-refractivity contribution in [1.82, 2.24) is 9.97 Å². The van der Waals surface area contributed by atoms with Crippen LogP contribution in [0.1, 0.15) is 40.5 Å². The molecule has 0 spiro atoms. The van der Waals surface area contributed by atoms with Gasteiger partial charge in [-0.2, -0.15) is 4.98 Å². The number of amides is 1. The van der Waals surface area contributed by atoms with E-state index in [0.717, 1.165) is 47.6 Å². The van der Waals surface area contributed by atoms with Gasteiger partial charge in [0.25, 0.3) is 0 Å². The molecule has 1 atom stereocenters. The van der Waals surface area contributed by atoms with E-state index in [1.807, 2.05) is 18.2 Å². The van der Waals surface area contributed by atoms with Crippen LogP contribution in [0.5, 0.6) is 0 Å². The van der Waals surface area contributed by atoms with Crippen LogP contribution < -0.4 is 26.7 Å². The summed E-state index contributed by atoms with van der Waals surface area (Å²) in [7, 11) is -1.51. The number of carbonyl (C=O) groups is 1. The number of primary amides is 1. The number of carbonyl (C=O) groups excluding carboxylic acids is 1. The number of rotatable bonds is 6. The van der Waals surface area contributed by atoms with Crippen molar-refractivity contribution in [3.05, 3.63) is 64.8 Å². The summed E-state index contributed by atoms with van der Waals surface area (Å²) in [5.74, 6) is 0.845. The first-order valence-corrected chi connectivity index (χ1v) is 11.5. The zero-order valence-corrected chi connectivity index (χ0v) is 19.0. The number of nitrogens with one attached hydrogen (secondary N) is 2. The molecule has 0 aliphatic carbocycles. The zero-order valence-electron chi connectivity index (χ0n) is 19.0. The quantitative estimate of drug-likeness (QED) is 0.349. The van der Waals surface area contributed by atoms with Crippen molar-refractivity contribution < 1.29 is 14.8 Å². The molecule has 174 valence electrons. The molecule has 9 nitrogen and oxygen atoms in total. The largest absolute Gasteiger partial charge is 0.488 e. The highest BCUT2D eigenvalue weighted by Crippen LogP contribution is 2.40. The van der Waals surface area contributed by atoms with Gasteiger partial charge in [-0.1, -0.05) is 30.3 Å². The molecule has 0 radical (unpaired) electrons. The Hall–Kier alpha value is -3.63. The van der Waals surface area contributed by atoms with E-state index in [1.54, 1.807) is 24.3 Å². The second-order valence-corrected chi connectivity index (χ2v) is 8.79. The molecule has 0 saturated heterocycles. The van der Waals surface area contributed by atoms with Crippen LogP contribution in [-0.4, -0.2) is 45.6 Å². The zero-order chi connectivity index (χ0) is 23.8. The molecule has 2 aliphatic rings. The number of aromatic nitrogens is 2. The number of benzene rings is 2. The van der Waals surface area contributed by atoms with E-state index in [9.17, 15) is 14.8 Å². The first-order valence-electron chi connectivity index (χ1n) is 11.5. The van der Waals surface area contributed by atoms with Gasteiger partial charge >= 0.3 is 7.12 Å². The first-order chi connectivity index (χ1) is 16.4. The monoisotopic (exact) mass is 458 g/mol. The van der Waals surface area contributed by atoms with Crippen LogP contribution >= 0.6 is 0 Å². The number of hydrogen-bond acceptors (Lipinski definition) is 8. The van der Waals surface area contributed by atoms with Gasteiger partial charge in [-0.15, -0.1) is 0 Å². The molecular formula is C24H27BN6O3. The SMILES string of the molecule is CC1Cc2c(C(N)=O)cccc2N1c1nc2c(c(NCc3cccc(B(O)O)c3)n1)NCCC2. The van der Waals surface area contributed by atoms with E-state index in [2.05, 4.69) is 22.5 Å². The molecule has 1 aromatic heterocycles. The fourth-order valence-electron chi connectivity index (χ4n) is 4.79. The second-order valence-electron chi connectivity index (χ2n) is 8.79. The van der Waals surface area contributed by atoms with Crippen LogP contribution in [-0.2, 0) is 19.4 Å². The Bertz CT molecular complexity index is 1250. The summed E-state index contributed by atoms with van der Waals surface area (Å²) in [6.45, 7) is 3.40. The van der Waals surface area contributed by atoms with Gasteiger partial charge in [0.1, 0.15) is 0 Å². The maximum Gasteiger partial charge on any atom is 0.488 e. The molecule has 3 heterocycles. The van der Waals surface area contributed by atoms with Crippen LogP contribution in [0.2, 0.25) is 0 Å². The molecule has 0 fully saturated rings. The molecule has 5 rings (SSSR count). The van der Waals surface area contributed by atoms with Gasteiger partial charge in [0, 0.05) is 30.4 Å². The lowest BCUT2D eigenvalue weighted by molar-refractivity contribution is 0.0999. The lowest BCUT2D eigenvalue weighted by Gasteiger charge is -2.27. The number of anilines is 4. The lowest BCUT2D eigenvalue weighted by Crippen LogP contribution is -2.30. The average Bonchev–Trinajstić information content (AvgIpc) is 3.18. The van der Waals surface area contributed by atoms with Gasteiger partial charge < -0.3 is 31.3 Å². The average molecular weight is 458 g/mol. The third kappa shape index (κ3) is 4.06. The maximum absolute atomic E-state index is 12.0. The number of nitrogens with two attached hydrogens (primary N) is 1. The van der Waals surface area contributed by atoms with E-state index in [4.69, 9.17) is 15.7 Å². The van der Waals surface area contributed by atoms with Crippen LogP contribution in [0, 0.1) is 0 Å².